The second kappa shape index (κ2) is 9.93. The molecule has 0 spiro atoms. The van der Waals surface area contributed by atoms with E-state index in [-0.39, 0.29) is 24.0 Å². The van der Waals surface area contributed by atoms with E-state index < -0.39 is 6.04 Å². The van der Waals surface area contributed by atoms with Gasteiger partial charge in [0.15, 0.2) is 11.9 Å². The molecule has 1 aliphatic carbocycles. The Kier molecular flexibility index (Phi) is 6.35. The van der Waals surface area contributed by atoms with Crippen molar-refractivity contribution in [3.8, 4) is 11.5 Å². The molecule has 8 heteroatoms. The molecule has 1 unspecified atom stereocenters. The average Bonchev–Trinajstić information content (AvgIpc) is 3.62. The predicted molar refractivity (Wildman–Crippen MR) is 135 cm³/mol. The molecule has 0 bridgehead atoms. The molecule has 4 heterocycles. The van der Waals surface area contributed by atoms with Crippen LogP contribution in [0.25, 0.3) is 11.5 Å². The van der Waals surface area contributed by atoms with Crippen LogP contribution >= 0.6 is 0 Å². The van der Waals surface area contributed by atoms with E-state index in [4.69, 9.17) is 4.74 Å². The third-order valence-electron chi connectivity index (χ3n) is 7.71. The molecule has 0 radical (unpaired) electrons. The summed E-state index contributed by atoms with van der Waals surface area (Å²) in [5, 5.41) is 7.91. The number of nitrogens with zero attached hydrogens (tertiary/aromatic N) is 4. The van der Waals surface area contributed by atoms with Crippen LogP contribution in [0.3, 0.4) is 0 Å². The molecule has 188 valence electrons. The maximum Gasteiger partial charge on any atom is 0.260 e. The van der Waals surface area contributed by atoms with Crippen molar-refractivity contribution in [2.75, 3.05) is 13.2 Å². The first-order valence-corrected chi connectivity index (χ1v) is 13.2. The van der Waals surface area contributed by atoms with Gasteiger partial charge >= 0.3 is 0 Å². The normalized spacial score (nSPS) is 22.6. The molecule has 36 heavy (non-hydrogen) atoms. The van der Waals surface area contributed by atoms with Gasteiger partial charge in [-0.2, -0.15) is 5.10 Å². The maximum atomic E-state index is 14.1. The van der Waals surface area contributed by atoms with Gasteiger partial charge in [-0.1, -0.05) is 43.9 Å². The van der Waals surface area contributed by atoms with Crippen LogP contribution in [0.2, 0.25) is 0 Å². The van der Waals surface area contributed by atoms with Crippen molar-refractivity contribution in [1.82, 2.24) is 24.6 Å². The van der Waals surface area contributed by atoms with Gasteiger partial charge in [-0.15, -0.1) is 0 Å². The number of ether oxygens (including phenoxy) is 1. The van der Waals surface area contributed by atoms with Crippen molar-refractivity contribution in [2.24, 2.45) is 0 Å². The van der Waals surface area contributed by atoms with Crippen LogP contribution in [0.15, 0.2) is 54.9 Å². The fourth-order valence-corrected chi connectivity index (χ4v) is 5.90. The lowest BCUT2D eigenvalue weighted by Gasteiger charge is -2.32. The molecular weight excluding hydrogens is 454 g/mol. The van der Waals surface area contributed by atoms with Crippen molar-refractivity contribution in [2.45, 2.75) is 69.6 Å². The number of hydrogen-bond donors (Lipinski definition) is 1. The van der Waals surface area contributed by atoms with Crippen molar-refractivity contribution in [1.29, 1.82) is 0 Å². The number of carbonyl (C=O) groups excluding carboxylic acids is 2. The highest BCUT2D eigenvalue weighted by Crippen LogP contribution is 2.35. The van der Waals surface area contributed by atoms with Gasteiger partial charge in [0.25, 0.3) is 5.91 Å². The van der Waals surface area contributed by atoms with E-state index in [2.05, 4.69) is 10.4 Å². The van der Waals surface area contributed by atoms with Gasteiger partial charge in [0.1, 0.15) is 5.56 Å². The zero-order valence-electron chi connectivity index (χ0n) is 20.5. The minimum Gasteiger partial charge on any atom is -0.376 e. The third kappa shape index (κ3) is 4.23. The summed E-state index contributed by atoms with van der Waals surface area (Å²) in [6.45, 7) is 1.07. The zero-order valence-corrected chi connectivity index (χ0v) is 20.5. The molecule has 2 aliphatic heterocycles. The fourth-order valence-electron chi connectivity index (χ4n) is 5.90. The van der Waals surface area contributed by atoms with E-state index in [0.717, 1.165) is 49.9 Å². The largest absolute Gasteiger partial charge is 0.376 e. The van der Waals surface area contributed by atoms with Crippen molar-refractivity contribution < 1.29 is 14.3 Å². The van der Waals surface area contributed by atoms with Crippen molar-refractivity contribution in [3.63, 3.8) is 0 Å². The van der Waals surface area contributed by atoms with Crippen molar-refractivity contribution in [3.05, 3.63) is 66.1 Å². The average molecular weight is 488 g/mol. The first-order chi connectivity index (χ1) is 17.7. The van der Waals surface area contributed by atoms with E-state index in [1.807, 2.05) is 53.2 Å². The molecule has 2 atom stereocenters. The Hall–Kier alpha value is -3.39. The van der Waals surface area contributed by atoms with E-state index in [1.54, 1.807) is 15.8 Å². The molecule has 6 rings (SSSR count). The number of amides is 2. The van der Waals surface area contributed by atoms with Gasteiger partial charge < -0.3 is 19.5 Å². The molecular formula is C28H33N5O3. The van der Waals surface area contributed by atoms with Crippen LogP contribution in [0.1, 0.15) is 73.5 Å². The van der Waals surface area contributed by atoms with E-state index >= 15 is 0 Å². The van der Waals surface area contributed by atoms with Gasteiger partial charge in [0, 0.05) is 25.4 Å². The molecule has 3 aromatic rings. The number of fused-ring (bicyclic) bond motifs is 3. The highest BCUT2D eigenvalue weighted by Gasteiger charge is 2.41. The van der Waals surface area contributed by atoms with Gasteiger partial charge in [-0.05, 0) is 49.9 Å². The van der Waals surface area contributed by atoms with Crippen LogP contribution < -0.4 is 5.32 Å². The SMILES string of the molecule is O=C(NC1CCCCCC1)C1c2cccn2-c2c(cnn2-c2ccccc2)C(=O)N1C[C@H]1CCCO1. The number of aromatic nitrogens is 3. The number of carbonyl (C=O) groups is 2. The van der Waals surface area contributed by atoms with Gasteiger partial charge in [0.2, 0.25) is 5.91 Å². The van der Waals surface area contributed by atoms with Gasteiger partial charge in [-0.3, -0.25) is 9.59 Å². The highest BCUT2D eigenvalue weighted by atomic mass is 16.5. The Balaban J connectivity index is 1.43. The second-order valence-electron chi connectivity index (χ2n) is 10.1. The summed E-state index contributed by atoms with van der Waals surface area (Å²) < 4.78 is 9.66. The van der Waals surface area contributed by atoms with Gasteiger partial charge in [-0.25, -0.2) is 4.68 Å². The topological polar surface area (TPSA) is 81.4 Å². The predicted octanol–water partition coefficient (Wildman–Crippen LogP) is 4.18. The quantitative estimate of drug-likeness (QED) is 0.548. The monoisotopic (exact) mass is 487 g/mol. The number of hydrogen-bond acceptors (Lipinski definition) is 4. The van der Waals surface area contributed by atoms with E-state index in [9.17, 15) is 9.59 Å². The highest BCUT2D eigenvalue weighted by molar-refractivity contribution is 6.01. The molecule has 2 amide bonds. The summed E-state index contributed by atoms with van der Waals surface area (Å²) in [6.07, 6.45) is 12.0. The Morgan fingerprint density at radius 2 is 1.81 bits per heavy atom. The third-order valence-corrected chi connectivity index (χ3v) is 7.71. The Morgan fingerprint density at radius 1 is 1.00 bits per heavy atom. The summed E-state index contributed by atoms with van der Waals surface area (Å²) in [7, 11) is 0. The number of para-hydroxylation sites is 1. The first-order valence-electron chi connectivity index (χ1n) is 13.2. The maximum absolute atomic E-state index is 14.1. The molecule has 2 aromatic heterocycles. The van der Waals surface area contributed by atoms with Crippen LogP contribution in [0.4, 0.5) is 0 Å². The summed E-state index contributed by atoms with van der Waals surface area (Å²) in [5.41, 5.74) is 2.11. The molecule has 1 saturated heterocycles. The first kappa shape index (κ1) is 23.0. The molecule has 8 nitrogen and oxygen atoms in total. The Bertz CT molecular complexity index is 1220. The molecule has 1 N–H and O–H groups in total. The molecule has 2 fully saturated rings. The van der Waals surface area contributed by atoms with Crippen LogP contribution in [0, 0.1) is 0 Å². The molecule has 1 aromatic carbocycles. The van der Waals surface area contributed by atoms with Crippen LogP contribution in [0.5, 0.6) is 0 Å². The van der Waals surface area contributed by atoms with E-state index in [1.165, 1.54) is 12.8 Å². The lowest BCUT2D eigenvalue weighted by Crippen LogP contribution is -2.48. The number of benzene rings is 1. The van der Waals surface area contributed by atoms with Crippen LogP contribution in [-0.4, -0.2) is 56.4 Å². The smallest absolute Gasteiger partial charge is 0.260 e. The Labute approximate surface area is 211 Å². The fraction of sp³-hybridized carbons (Fsp3) is 0.464. The Morgan fingerprint density at radius 3 is 2.56 bits per heavy atom. The van der Waals surface area contributed by atoms with Gasteiger partial charge in [0.05, 0.1) is 23.7 Å². The standard InChI is InChI=1S/C28H33N5O3/c34-26(30-20-10-4-1-2-5-11-20)25-24-15-8-16-31(24)27-23(18-29-33(27)21-12-6-3-7-13-21)28(35)32(25)19-22-14-9-17-36-22/h3,6-8,12-13,15-16,18,20,22,25H,1-2,4-5,9-11,14,17,19H2,(H,30,34)/t22-,25?/m1/s1. The zero-order chi connectivity index (χ0) is 24.5. The second-order valence-corrected chi connectivity index (χ2v) is 10.1. The number of rotatable bonds is 5. The summed E-state index contributed by atoms with van der Waals surface area (Å²) in [4.78, 5) is 29.8. The number of nitrogens with one attached hydrogen (secondary N) is 1. The molecule has 1 saturated carbocycles. The van der Waals surface area contributed by atoms with Crippen molar-refractivity contribution >= 4 is 11.8 Å². The lowest BCUT2D eigenvalue weighted by atomic mass is 10.1. The minimum atomic E-state index is -0.739. The summed E-state index contributed by atoms with van der Waals surface area (Å²) in [6, 6.07) is 13.1. The molecule has 3 aliphatic rings. The van der Waals surface area contributed by atoms with Crippen LogP contribution in [-0.2, 0) is 9.53 Å². The summed E-state index contributed by atoms with van der Waals surface area (Å²) in [5.74, 6) is 0.360. The minimum absolute atomic E-state index is 0.0729. The summed E-state index contributed by atoms with van der Waals surface area (Å²) >= 11 is 0. The lowest BCUT2D eigenvalue weighted by molar-refractivity contribution is -0.127. The van der Waals surface area contributed by atoms with E-state index in [0.29, 0.717) is 24.5 Å².